The fourth-order valence-electron chi connectivity index (χ4n) is 2.80. The van der Waals surface area contributed by atoms with Crippen molar-refractivity contribution < 1.29 is 27.5 Å². The highest BCUT2D eigenvalue weighted by Crippen LogP contribution is 2.37. The number of benzene rings is 2. The zero-order valence-electron chi connectivity index (χ0n) is 14.2. The highest BCUT2D eigenvalue weighted by Gasteiger charge is 2.30. The second kappa shape index (κ2) is 7.56. The second-order valence-corrected chi connectivity index (χ2v) is 5.83. The maximum Gasteiger partial charge on any atom is 0.315 e. The van der Waals surface area contributed by atoms with Crippen molar-refractivity contribution in [2.75, 3.05) is 19.0 Å². The smallest absolute Gasteiger partial charge is 0.315 e. The van der Waals surface area contributed by atoms with Gasteiger partial charge in [-0.2, -0.15) is 0 Å². The number of amides is 3. The summed E-state index contributed by atoms with van der Waals surface area (Å²) in [5.74, 6) is -3.46. The molecule has 1 heterocycles. The van der Waals surface area contributed by atoms with Crippen LogP contribution in [-0.2, 0) is 0 Å². The fraction of sp³-hybridized carbons (Fsp3) is 0.222. The summed E-state index contributed by atoms with van der Waals surface area (Å²) in [6.07, 6.45) is 0.325. The molecule has 0 spiro atoms. The van der Waals surface area contributed by atoms with Gasteiger partial charge < -0.3 is 20.7 Å². The van der Waals surface area contributed by atoms with Crippen LogP contribution >= 0.6 is 0 Å². The molecule has 142 valence electrons. The lowest BCUT2D eigenvalue weighted by atomic mass is 9.96. The van der Waals surface area contributed by atoms with Gasteiger partial charge in [0, 0.05) is 25.2 Å². The lowest BCUT2D eigenvalue weighted by Crippen LogP contribution is -2.38. The predicted molar refractivity (Wildman–Crippen MR) is 91.2 cm³/mol. The molecule has 0 aliphatic carbocycles. The summed E-state index contributed by atoms with van der Waals surface area (Å²) in [4.78, 5) is 24.1. The van der Waals surface area contributed by atoms with Crippen LogP contribution in [0.2, 0.25) is 0 Å². The van der Waals surface area contributed by atoms with Crippen LogP contribution in [0, 0.1) is 17.5 Å². The van der Waals surface area contributed by atoms with Gasteiger partial charge in [0.05, 0.1) is 23.8 Å². The SMILES string of the molecule is CNC(=O)N[C@H]1CCOc2c(C(=O)Nc3ccc(F)c(F)c3)ccc(F)c21. The van der Waals surface area contributed by atoms with Crippen LogP contribution in [0.3, 0.4) is 0 Å². The van der Waals surface area contributed by atoms with Gasteiger partial charge in [-0.3, -0.25) is 4.79 Å². The Balaban J connectivity index is 1.92. The van der Waals surface area contributed by atoms with Crippen molar-refractivity contribution in [1.29, 1.82) is 0 Å². The first kappa shape index (κ1) is 18.6. The van der Waals surface area contributed by atoms with Crippen LogP contribution in [0.1, 0.15) is 28.4 Å². The summed E-state index contributed by atoms with van der Waals surface area (Å²) in [6.45, 7) is 0.163. The quantitative estimate of drug-likeness (QED) is 0.767. The van der Waals surface area contributed by atoms with E-state index in [1.165, 1.54) is 19.2 Å². The number of carbonyl (C=O) groups excluding carboxylic acids is 2. The number of halogens is 3. The number of carbonyl (C=O) groups is 2. The van der Waals surface area contributed by atoms with Crippen molar-refractivity contribution in [3.63, 3.8) is 0 Å². The number of ether oxygens (including phenoxy) is 1. The van der Waals surface area contributed by atoms with Gasteiger partial charge in [0.1, 0.15) is 11.6 Å². The molecule has 0 saturated carbocycles. The molecule has 2 aromatic carbocycles. The van der Waals surface area contributed by atoms with Gasteiger partial charge >= 0.3 is 6.03 Å². The molecule has 3 amide bonds. The first-order valence-electron chi connectivity index (χ1n) is 8.10. The van der Waals surface area contributed by atoms with E-state index in [1.807, 2.05) is 0 Å². The van der Waals surface area contributed by atoms with Gasteiger partial charge in [0.15, 0.2) is 11.6 Å². The minimum absolute atomic E-state index is 0.00253. The van der Waals surface area contributed by atoms with Gasteiger partial charge in [0.25, 0.3) is 5.91 Å². The third kappa shape index (κ3) is 3.81. The van der Waals surface area contributed by atoms with E-state index in [-0.39, 0.29) is 29.2 Å². The number of hydrogen-bond acceptors (Lipinski definition) is 3. The molecule has 0 radical (unpaired) electrons. The van der Waals surface area contributed by atoms with Crippen LogP contribution < -0.4 is 20.7 Å². The zero-order valence-corrected chi connectivity index (χ0v) is 14.2. The molecular formula is C18H16F3N3O3. The van der Waals surface area contributed by atoms with Gasteiger partial charge in [0.2, 0.25) is 0 Å². The van der Waals surface area contributed by atoms with E-state index in [0.29, 0.717) is 6.42 Å². The van der Waals surface area contributed by atoms with Crippen molar-refractivity contribution in [1.82, 2.24) is 10.6 Å². The van der Waals surface area contributed by atoms with E-state index in [0.717, 1.165) is 18.2 Å². The Morgan fingerprint density at radius 3 is 2.52 bits per heavy atom. The Labute approximate surface area is 152 Å². The fourth-order valence-corrected chi connectivity index (χ4v) is 2.80. The summed E-state index contributed by atoms with van der Waals surface area (Å²) in [7, 11) is 1.43. The molecule has 3 rings (SSSR count). The number of urea groups is 1. The van der Waals surface area contributed by atoms with Crippen molar-refractivity contribution in [3.8, 4) is 5.75 Å². The van der Waals surface area contributed by atoms with Crippen LogP contribution in [0.4, 0.5) is 23.7 Å². The summed E-state index contributed by atoms with van der Waals surface area (Å²) in [5, 5.41) is 7.40. The van der Waals surface area contributed by atoms with E-state index in [4.69, 9.17) is 4.74 Å². The zero-order chi connectivity index (χ0) is 19.6. The minimum atomic E-state index is -1.11. The van der Waals surface area contributed by atoms with Crippen molar-refractivity contribution >= 4 is 17.6 Å². The largest absolute Gasteiger partial charge is 0.492 e. The Kier molecular flexibility index (Phi) is 5.20. The number of fused-ring (bicyclic) bond motifs is 1. The van der Waals surface area contributed by atoms with Gasteiger partial charge in [-0.15, -0.1) is 0 Å². The lowest BCUT2D eigenvalue weighted by molar-refractivity contribution is 0.102. The molecule has 0 bridgehead atoms. The molecule has 3 N–H and O–H groups in total. The maximum atomic E-state index is 14.4. The van der Waals surface area contributed by atoms with Crippen LogP contribution in [0.15, 0.2) is 30.3 Å². The first-order valence-corrected chi connectivity index (χ1v) is 8.10. The number of anilines is 1. The molecular weight excluding hydrogens is 363 g/mol. The number of rotatable bonds is 3. The maximum absolute atomic E-state index is 14.4. The van der Waals surface area contributed by atoms with Crippen LogP contribution in [-0.4, -0.2) is 25.6 Å². The van der Waals surface area contributed by atoms with Crippen molar-refractivity contribution in [3.05, 3.63) is 58.9 Å². The molecule has 27 heavy (non-hydrogen) atoms. The minimum Gasteiger partial charge on any atom is -0.492 e. The molecule has 0 aromatic heterocycles. The van der Waals surface area contributed by atoms with E-state index in [1.54, 1.807) is 0 Å². The van der Waals surface area contributed by atoms with E-state index >= 15 is 0 Å². The molecule has 0 saturated heterocycles. The molecule has 1 aliphatic heterocycles. The Morgan fingerprint density at radius 2 is 1.81 bits per heavy atom. The molecule has 6 nitrogen and oxygen atoms in total. The van der Waals surface area contributed by atoms with Gasteiger partial charge in [-0.1, -0.05) is 0 Å². The van der Waals surface area contributed by atoms with Crippen molar-refractivity contribution in [2.45, 2.75) is 12.5 Å². The van der Waals surface area contributed by atoms with E-state index in [2.05, 4.69) is 16.0 Å². The second-order valence-electron chi connectivity index (χ2n) is 5.83. The van der Waals surface area contributed by atoms with Crippen LogP contribution in [0.5, 0.6) is 5.75 Å². The summed E-state index contributed by atoms with van der Waals surface area (Å²) < 4.78 is 46.2. The lowest BCUT2D eigenvalue weighted by Gasteiger charge is -2.28. The highest BCUT2D eigenvalue weighted by molar-refractivity contribution is 6.06. The molecule has 0 unspecified atom stereocenters. The molecule has 1 aliphatic rings. The first-order chi connectivity index (χ1) is 12.9. The average Bonchev–Trinajstić information content (AvgIpc) is 2.65. The Hall–Kier alpha value is -3.23. The number of hydrogen-bond donors (Lipinski definition) is 3. The normalized spacial score (nSPS) is 15.3. The predicted octanol–water partition coefficient (Wildman–Crippen LogP) is 3.11. The third-order valence-corrected chi connectivity index (χ3v) is 4.10. The topological polar surface area (TPSA) is 79.5 Å². The Bertz CT molecular complexity index is 905. The average molecular weight is 379 g/mol. The molecule has 2 aromatic rings. The Morgan fingerprint density at radius 1 is 1.07 bits per heavy atom. The van der Waals surface area contributed by atoms with E-state index < -0.39 is 35.4 Å². The monoisotopic (exact) mass is 379 g/mol. The standard InChI is InChI=1S/C18H16F3N3O3/c1-22-18(26)24-14-6-7-27-16-10(3-5-12(20)15(14)16)17(25)23-9-2-4-11(19)13(21)8-9/h2-5,8,14H,6-7H2,1H3,(H,23,25)(H2,22,24,26)/t14-/m0/s1. The number of nitrogens with one attached hydrogen (secondary N) is 3. The van der Waals surface area contributed by atoms with Crippen molar-refractivity contribution in [2.24, 2.45) is 0 Å². The van der Waals surface area contributed by atoms with E-state index in [9.17, 15) is 22.8 Å². The molecule has 9 heteroatoms. The summed E-state index contributed by atoms with van der Waals surface area (Å²) in [5.41, 5.74) is 0.107. The molecule has 0 fully saturated rings. The van der Waals surface area contributed by atoms with Crippen LogP contribution in [0.25, 0.3) is 0 Å². The van der Waals surface area contributed by atoms with Gasteiger partial charge in [-0.25, -0.2) is 18.0 Å². The highest BCUT2D eigenvalue weighted by atomic mass is 19.2. The third-order valence-electron chi connectivity index (χ3n) is 4.10. The summed E-state index contributed by atoms with van der Waals surface area (Å²) >= 11 is 0. The van der Waals surface area contributed by atoms with Gasteiger partial charge in [-0.05, 0) is 24.3 Å². The summed E-state index contributed by atoms with van der Waals surface area (Å²) in [6, 6.07) is 4.06. The molecule has 1 atom stereocenters.